The van der Waals surface area contributed by atoms with Crippen LogP contribution in [0, 0.1) is 0 Å². The molecule has 0 unspecified atom stereocenters. The van der Waals surface area contributed by atoms with Gasteiger partial charge in [-0.05, 0) is 42.3 Å². The third-order valence-corrected chi connectivity index (χ3v) is 6.85. The number of carbonyl (C=O) groups is 2. The van der Waals surface area contributed by atoms with E-state index in [-0.39, 0.29) is 24.3 Å². The lowest BCUT2D eigenvalue weighted by atomic mass is 9.96. The van der Waals surface area contributed by atoms with Gasteiger partial charge in [0, 0.05) is 31.9 Å². The fourth-order valence-corrected chi connectivity index (χ4v) is 4.99. The van der Waals surface area contributed by atoms with Gasteiger partial charge in [-0.3, -0.25) is 19.8 Å². The molecule has 2 heterocycles. The summed E-state index contributed by atoms with van der Waals surface area (Å²) in [6.45, 7) is 5.49. The lowest BCUT2D eigenvalue weighted by molar-refractivity contribution is -0.125. The van der Waals surface area contributed by atoms with E-state index in [4.69, 9.17) is 4.74 Å². The standard InChI is InChI=1S/C30H33N5O3/c1-2-38-25-15-13-24(14-16-25)31-29(37)26-21-27(36)33-30(32-26)35-19-17-34(18-20-35)28(22-9-5-3-6-10-22)23-11-7-4-8-12-23/h3-16,26,28H,2,17-21H2,1H3,(H,31,37)(H,32,33,36)/t26-/m1/s1. The molecule has 3 aromatic rings. The molecule has 1 fully saturated rings. The third kappa shape index (κ3) is 6.03. The molecule has 2 amide bonds. The van der Waals surface area contributed by atoms with Crippen molar-refractivity contribution < 1.29 is 14.3 Å². The second-order valence-corrected chi connectivity index (χ2v) is 9.41. The average molecular weight is 512 g/mol. The highest BCUT2D eigenvalue weighted by Crippen LogP contribution is 2.29. The second kappa shape index (κ2) is 11.9. The Bertz CT molecular complexity index is 1220. The Morgan fingerprint density at radius 1 is 0.947 bits per heavy atom. The number of hydrogen-bond acceptors (Lipinski definition) is 6. The first-order chi connectivity index (χ1) is 18.6. The topological polar surface area (TPSA) is 86.3 Å². The minimum absolute atomic E-state index is 0.0242. The summed E-state index contributed by atoms with van der Waals surface area (Å²) in [5.41, 5.74) is 3.14. The van der Waals surface area contributed by atoms with E-state index in [1.165, 1.54) is 11.1 Å². The van der Waals surface area contributed by atoms with Crippen LogP contribution in [-0.2, 0) is 9.59 Å². The number of amides is 2. The van der Waals surface area contributed by atoms with Gasteiger partial charge in [-0.1, -0.05) is 60.7 Å². The van der Waals surface area contributed by atoms with Crippen molar-refractivity contribution in [3.63, 3.8) is 0 Å². The normalized spacial score (nSPS) is 18.1. The molecule has 0 bridgehead atoms. The first-order valence-corrected chi connectivity index (χ1v) is 13.1. The molecule has 0 aliphatic carbocycles. The fourth-order valence-electron chi connectivity index (χ4n) is 4.99. The van der Waals surface area contributed by atoms with Crippen LogP contribution >= 0.6 is 0 Å². The third-order valence-electron chi connectivity index (χ3n) is 6.85. The summed E-state index contributed by atoms with van der Waals surface area (Å²) in [7, 11) is 0. The molecule has 2 N–H and O–H groups in total. The average Bonchev–Trinajstić information content (AvgIpc) is 2.96. The predicted molar refractivity (Wildman–Crippen MR) is 148 cm³/mol. The van der Waals surface area contributed by atoms with Crippen LogP contribution in [0.3, 0.4) is 0 Å². The highest BCUT2D eigenvalue weighted by molar-refractivity contribution is 6.06. The van der Waals surface area contributed by atoms with Crippen LogP contribution < -0.4 is 15.4 Å². The summed E-state index contributed by atoms with van der Waals surface area (Å²) >= 11 is 0. The summed E-state index contributed by atoms with van der Waals surface area (Å²) in [4.78, 5) is 34.6. The summed E-state index contributed by atoms with van der Waals surface area (Å²) in [6.07, 6.45) is 0.0242. The Balaban J connectivity index is 1.25. The predicted octanol–water partition coefficient (Wildman–Crippen LogP) is 3.68. The maximum absolute atomic E-state index is 13.0. The lowest BCUT2D eigenvalue weighted by Gasteiger charge is -2.41. The van der Waals surface area contributed by atoms with Gasteiger partial charge in [-0.25, -0.2) is 4.99 Å². The van der Waals surface area contributed by atoms with Gasteiger partial charge in [0.05, 0.1) is 19.1 Å². The Labute approximate surface area is 223 Å². The highest BCUT2D eigenvalue weighted by Gasteiger charge is 2.32. The van der Waals surface area contributed by atoms with Crippen LogP contribution in [0.25, 0.3) is 0 Å². The van der Waals surface area contributed by atoms with E-state index in [9.17, 15) is 9.59 Å². The number of guanidine groups is 1. The number of nitrogens with zero attached hydrogens (tertiary/aromatic N) is 3. The van der Waals surface area contributed by atoms with E-state index in [0.29, 0.717) is 31.3 Å². The Hall–Kier alpha value is -4.17. The molecule has 0 aromatic heterocycles. The van der Waals surface area contributed by atoms with Crippen LogP contribution in [0.5, 0.6) is 5.75 Å². The van der Waals surface area contributed by atoms with Crippen molar-refractivity contribution in [2.24, 2.45) is 4.99 Å². The van der Waals surface area contributed by atoms with E-state index >= 15 is 0 Å². The van der Waals surface area contributed by atoms with Gasteiger partial charge >= 0.3 is 0 Å². The molecule has 8 heteroatoms. The SMILES string of the molecule is CCOc1ccc(NC(=O)[C@H]2CC(=O)NC(N3CCN(C(c4ccccc4)c4ccccc4)CC3)=N2)cc1. The number of benzene rings is 3. The molecule has 0 spiro atoms. The Morgan fingerprint density at radius 2 is 1.55 bits per heavy atom. The summed E-state index contributed by atoms with van der Waals surface area (Å²) < 4.78 is 5.45. The molecule has 0 saturated carbocycles. The van der Waals surface area contributed by atoms with Crippen molar-refractivity contribution >= 4 is 23.5 Å². The minimum atomic E-state index is -0.773. The van der Waals surface area contributed by atoms with Gasteiger partial charge in [0.2, 0.25) is 17.8 Å². The number of hydrogen-bond donors (Lipinski definition) is 2. The van der Waals surface area contributed by atoms with Crippen molar-refractivity contribution in [1.82, 2.24) is 15.1 Å². The molecule has 2 aliphatic rings. The van der Waals surface area contributed by atoms with Gasteiger partial charge in [0.15, 0.2) is 0 Å². The summed E-state index contributed by atoms with van der Waals surface area (Å²) in [5.74, 6) is 0.719. The van der Waals surface area contributed by atoms with Gasteiger partial charge < -0.3 is 15.0 Å². The number of nitrogens with one attached hydrogen (secondary N) is 2. The molecule has 3 aromatic carbocycles. The van der Waals surface area contributed by atoms with Crippen LogP contribution in [0.15, 0.2) is 89.9 Å². The van der Waals surface area contributed by atoms with Crippen molar-refractivity contribution in [2.45, 2.75) is 25.4 Å². The number of ether oxygens (including phenoxy) is 1. The summed E-state index contributed by atoms with van der Waals surface area (Å²) in [6, 6.07) is 27.6. The fraction of sp³-hybridized carbons (Fsp3) is 0.300. The first-order valence-electron chi connectivity index (χ1n) is 13.1. The molecule has 0 radical (unpaired) electrons. The zero-order chi connectivity index (χ0) is 26.3. The van der Waals surface area contributed by atoms with E-state index < -0.39 is 6.04 Å². The van der Waals surface area contributed by atoms with E-state index in [1.54, 1.807) is 24.3 Å². The van der Waals surface area contributed by atoms with Crippen LogP contribution in [-0.4, -0.2) is 66.4 Å². The second-order valence-electron chi connectivity index (χ2n) is 9.41. The number of carbonyl (C=O) groups excluding carboxylic acids is 2. The monoisotopic (exact) mass is 511 g/mol. The number of rotatable bonds is 7. The van der Waals surface area contributed by atoms with E-state index in [1.807, 2.05) is 19.1 Å². The maximum atomic E-state index is 13.0. The first kappa shape index (κ1) is 25.5. The zero-order valence-electron chi connectivity index (χ0n) is 21.5. The number of piperazine rings is 1. The Kier molecular flexibility index (Phi) is 7.99. The lowest BCUT2D eigenvalue weighted by Crippen LogP contribution is -2.56. The van der Waals surface area contributed by atoms with Crippen molar-refractivity contribution in [3.8, 4) is 5.75 Å². The van der Waals surface area contributed by atoms with Crippen LogP contribution in [0.1, 0.15) is 30.5 Å². The molecule has 1 atom stereocenters. The maximum Gasteiger partial charge on any atom is 0.249 e. The number of anilines is 1. The molecule has 38 heavy (non-hydrogen) atoms. The molecule has 2 aliphatic heterocycles. The Morgan fingerprint density at radius 3 is 2.13 bits per heavy atom. The van der Waals surface area contributed by atoms with Crippen molar-refractivity contribution in [1.29, 1.82) is 0 Å². The van der Waals surface area contributed by atoms with Gasteiger partial charge in [-0.15, -0.1) is 0 Å². The van der Waals surface area contributed by atoms with Crippen molar-refractivity contribution in [2.75, 3.05) is 38.1 Å². The van der Waals surface area contributed by atoms with Gasteiger partial charge in [0.1, 0.15) is 11.8 Å². The largest absolute Gasteiger partial charge is 0.494 e. The molecule has 196 valence electrons. The number of aliphatic imine (C=N–C) groups is 1. The van der Waals surface area contributed by atoms with Crippen molar-refractivity contribution in [3.05, 3.63) is 96.1 Å². The van der Waals surface area contributed by atoms with E-state index in [2.05, 4.69) is 74.0 Å². The molecular formula is C30H33N5O3. The van der Waals surface area contributed by atoms with Gasteiger partial charge in [-0.2, -0.15) is 0 Å². The van der Waals surface area contributed by atoms with Crippen LogP contribution in [0.4, 0.5) is 5.69 Å². The molecule has 5 rings (SSSR count). The molecule has 8 nitrogen and oxygen atoms in total. The summed E-state index contributed by atoms with van der Waals surface area (Å²) in [5, 5.41) is 5.76. The van der Waals surface area contributed by atoms with Gasteiger partial charge in [0.25, 0.3) is 0 Å². The van der Waals surface area contributed by atoms with E-state index in [0.717, 1.165) is 18.8 Å². The minimum Gasteiger partial charge on any atom is -0.494 e. The van der Waals surface area contributed by atoms with Crippen LogP contribution in [0.2, 0.25) is 0 Å². The smallest absolute Gasteiger partial charge is 0.249 e. The molecular weight excluding hydrogens is 478 g/mol. The highest BCUT2D eigenvalue weighted by atomic mass is 16.5. The molecule has 1 saturated heterocycles. The quantitative estimate of drug-likeness (QED) is 0.506. The zero-order valence-corrected chi connectivity index (χ0v) is 21.5.